The van der Waals surface area contributed by atoms with E-state index >= 15 is 0 Å². The zero-order valence-electron chi connectivity index (χ0n) is 13.7. The monoisotopic (exact) mass is 292 g/mol. The number of nitrogens with zero attached hydrogens (tertiary/aromatic N) is 1. The predicted octanol–water partition coefficient (Wildman–Crippen LogP) is 2.99. The average Bonchev–Trinajstić information content (AvgIpc) is 3.04. The van der Waals surface area contributed by atoms with Gasteiger partial charge in [-0.1, -0.05) is 26.2 Å². The molecule has 1 aliphatic carbocycles. The predicted molar refractivity (Wildman–Crippen MR) is 86.4 cm³/mol. The fourth-order valence-corrected chi connectivity index (χ4v) is 4.99. The van der Waals surface area contributed by atoms with Crippen LogP contribution in [0.3, 0.4) is 0 Å². The third-order valence-corrected chi connectivity index (χ3v) is 6.20. The lowest BCUT2D eigenvalue weighted by Crippen LogP contribution is -2.50. The molecule has 3 unspecified atom stereocenters. The highest BCUT2D eigenvalue weighted by atomic mass is 16.1. The van der Waals surface area contributed by atoms with Crippen LogP contribution in [0.15, 0.2) is 0 Å². The first-order chi connectivity index (χ1) is 10.3. The van der Waals surface area contributed by atoms with Crippen molar-refractivity contribution in [2.75, 3.05) is 19.6 Å². The van der Waals surface area contributed by atoms with E-state index in [1.165, 1.54) is 44.9 Å². The Morgan fingerprint density at radius 1 is 1.05 bits per heavy atom. The quantitative estimate of drug-likeness (QED) is 0.864. The molecule has 1 N–H and O–H groups in total. The Hall–Kier alpha value is -0.410. The summed E-state index contributed by atoms with van der Waals surface area (Å²) in [5.74, 6) is 1.65. The summed E-state index contributed by atoms with van der Waals surface area (Å²) in [6.07, 6.45) is 11.0. The summed E-state index contributed by atoms with van der Waals surface area (Å²) in [6.45, 7) is 5.69. The van der Waals surface area contributed by atoms with Crippen LogP contribution in [0.2, 0.25) is 0 Å². The van der Waals surface area contributed by atoms with Gasteiger partial charge in [-0.15, -0.1) is 0 Å². The first-order valence-corrected chi connectivity index (χ1v) is 9.31. The van der Waals surface area contributed by atoms with Gasteiger partial charge < -0.3 is 5.32 Å². The lowest BCUT2D eigenvalue weighted by atomic mass is 9.74. The van der Waals surface area contributed by atoms with Gasteiger partial charge in [0.2, 0.25) is 0 Å². The lowest BCUT2D eigenvalue weighted by Gasteiger charge is -2.38. The van der Waals surface area contributed by atoms with Crippen LogP contribution in [0.4, 0.5) is 0 Å². The zero-order chi connectivity index (χ0) is 14.7. The smallest absolute Gasteiger partial charge is 0.153 e. The number of ketones is 1. The van der Waals surface area contributed by atoms with Gasteiger partial charge in [-0.2, -0.15) is 0 Å². The van der Waals surface area contributed by atoms with E-state index in [0.29, 0.717) is 23.7 Å². The minimum Gasteiger partial charge on any atom is -0.317 e. The van der Waals surface area contributed by atoms with Crippen LogP contribution >= 0.6 is 0 Å². The number of Topliss-reactive ketones (excluding diaryl/α,β-unsaturated/α-hetero) is 1. The molecule has 0 aromatic heterocycles. The van der Waals surface area contributed by atoms with Crippen LogP contribution in [0, 0.1) is 11.8 Å². The Kier molecular flexibility index (Phi) is 5.33. The Morgan fingerprint density at radius 3 is 2.57 bits per heavy atom. The lowest BCUT2D eigenvalue weighted by molar-refractivity contribution is -0.131. The van der Waals surface area contributed by atoms with Crippen LogP contribution in [-0.2, 0) is 4.79 Å². The number of carbonyl (C=O) groups excluding carboxylic acids is 1. The van der Waals surface area contributed by atoms with Crippen molar-refractivity contribution in [1.29, 1.82) is 0 Å². The van der Waals surface area contributed by atoms with Crippen molar-refractivity contribution in [2.24, 2.45) is 11.8 Å². The van der Waals surface area contributed by atoms with Crippen molar-refractivity contribution in [3.05, 3.63) is 0 Å². The van der Waals surface area contributed by atoms with E-state index in [2.05, 4.69) is 17.1 Å². The van der Waals surface area contributed by atoms with E-state index < -0.39 is 0 Å². The fraction of sp³-hybridized carbons (Fsp3) is 0.944. The minimum atomic E-state index is 0.255. The first-order valence-electron chi connectivity index (χ1n) is 9.31. The van der Waals surface area contributed by atoms with E-state index in [-0.39, 0.29) is 6.04 Å². The Balaban J connectivity index is 1.67. The molecular weight excluding hydrogens is 260 g/mol. The molecule has 3 rings (SSSR count). The van der Waals surface area contributed by atoms with Gasteiger partial charge >= 0.3 is 0 Å². The maximum atomic E-state index is 13.2. The van der Waals surface area contributed by atoms with Crippen LogP contribution in [0.25, 0.3) is 0 Å². The molecular formula is C18H32N2O. The largest absolute Gasteiger partial charge is 0.317 e. The van der Waals surface area contributed by atoms with Gasteiger partial charge in [-0.05, 0) is 64.1 Å². The van der Waals surface area contributed by atoms with E-state index in [1.807, 2.05) is 0 Å². The standard InChI is InChI=1S/C18H32N2O/c1-2-14-6-3-4-7-16(14)18(21)17-8-5-13-20(17)15-9-11-19-12-10-15/h14-17,19H,2-13H2,1H3. The van der Waals surface area contributed by atoms with Gasteiger partial charge in [0.15, 0.2) is 5.78 Å². The van der Waals surface area contributed by atoms with Crippen LogP contribution in [0.1, 0.15) is 64.7 Å². The summed E-state index contributed by atoms with van der Waals surface area (Å²) in [5.41, 5.74) is 0. The van der Waals surface area contributed by atoms with Crippen LogP contribution < -0.4 is 5.32 Å². The minimum absolute atomic E-state index is 0.255. The van der Waals surface area contributed by atoms with E-state index in [4.69, 9.17) is 0 Å². The van der Waals surface area contributed by atoms with Crippen LogP contribution in [-0.4, -0.2) is 42.4 Å². The molecule has 0 spiro atoms. The molecule has 21 heavy (non-hydrogen) atoms. The number of rotatable bonds is 4. The number of piperidine rings is 1. The van der Waals surface area contributed by atoms with Gasteiger partial charge in [0, 0.05) is 12.0 Å². The molecule has 0 aromatic carbocycles. The molecule has 2 heterocycles. The molecule has 3 fully saturated rings. The first kappa shape index (κ1) is 15.5. The number of likely N-dealkylation sites (tertiary alicyclic amines) is 1. The van der Waals surface area contributed by atoms with Crippen molar-refractivity contribution in [1.82, 2.24) is 10.2 Å². The second-order valence-electron chi connectivity index (χ2n) is 7.34. The van der Waals surface area contributed by atoms with E-state index in [1.54, 1.807) is 0 Å². The van der Waals surface area contributed by atoms with Gasteiger partial charge in [0.05, 0.1) is 6.04 Å². The molecule has 1 saturated carbocycles. The fourth-order valence-electron chi connectivity index (χ4n) is 4.99. The molecule has 3 aliphatic rings. The highest BCUT2D eigenvalue weighted by Crippen LogP contribution is 2.36. The molecule has 3 nitrogen and oxygen atoms in total. The van der Waals surface area contributed by atoms with E-state index in [0.717, 1.165) is 32.5 Å². The Bertz CT molecular complexity index is 351. The second-order valence-corrected chi connectivity index (χ2v) is 7.34. The number of hydrogen-bond donors (Lipinski definition) is 1. The molecule has 3 atom stereocenters. The van der Waals surface area contributed by atoms with Gasteiger partial charge in [0.25, 0.3) is 0 Å². The molecule has 0 aromatic rings. The second kappa shape index (κ2) is 7.23. The topological polar surface area (TPSA) is 32.3 Å². The maximum absolute atomic E-state index is 13.2. The molecule has 0 bridgehead atoms. The molecule has 3 heteroatoms. The summed E-state index contributed by atoms with van der Waals surface area (Å²) in [5, 5.41) is 3.45. The van der Waals surface area contributed by atoms with Gasteiger partial charge in [-0.3, -0.25) is 9.69 Å². The number of hydrogen-bond acceptors (Lipinski definition) is 3. The van der Waals surface area contributed by atoms with Crippen molar-refractivity contribution < 1.29 is 4.79 Å². The van der Waals surface area contributed by atoms with Gasteiger partial charge in [0.1, 0.15) is 0 Å². The SMILES string of the molecule is CCC1CCCCC1C(=O)C1CCCN1C1CCNCC1. The Labute approximate surface area is 129 Å². The summed E-state index contributed by atoms with van der Waals surface area (Å²) >= 11 is 0. The average molecular weight is 292 g/mol. The normalized spacial score (nSPS) is 36.0. The Morgan fingerprint density at radius 2 is 1.81 bits per heavy atom. The molecule has 2 saturated heterocycles. The summed E-state index contributed by atoms with van der Waals surface area (Å²) in [6, 6.07) is 0.914. The van der Waals surface area contributed by atoms with Crippen molar-refractivity contribution in [3.8, 4) is 0 Å². The summed E-state index contributed by atoms with van der Waals surface area (Å²) in [7, 11) is 0. The van der Waals surface area contributed by atoms with Crippen molar-refractivity contribution in [2.45, 2.75) is 76.8 Å². The van der Waals surface area contributed by atoms with Crippen molar-refractivity contribution in [3.63, 3.8) is 0 Å². The molecule has 120 valence electrons. The zero-order valence-corrected chi connectivity index (χ0v) is 13.7. The van der Waals surface area contributed by atoms with E-state index in [9.17, 15) is 4.79 Å². The third-order valence-electron chi connectivity index (χ3n) is 6.20. The third kappa shape index (κ3) is 3.34. The molecule has 2 aliphatic heterocycles. The van der Waals surface area contributed by atoms with Crippen LogP contribution in [0.5, 0.6) is 0 Å². The highest BCUT2D eigenvalue weighted by molar-refractivity contribution is 5.87. The summed E-state index contributed by atoms with van der Waals surface area (Å²) in [4.78, 5) is 15.8. The molecule has 0 radical (unpaired) electrons. The number of carbonyl (C=O) groups is 1. The maximum Gasteiger partial charge on any atom is 0.153 e. The van der Waals surface area contributed by atoms with Crippen molar-refractivity contribution >= 4 is 5.78 Å². The highest BCUT2D eigenvalue weighted by Gasteiger charge is 2.40. The number of nitrogens with one attached hydrogen (secondary N) is 1. The van der Waals surface area contributed by atoms with Gasteiger partial charge in [-0.25, -0.2) is 0 Å². The summed E-state index contributed by atoms with van der Waals surface area (Å²) < 4.78 is 0. The molecule has 0 amide bonds.